The fourth-order valence-corrected chi connectivity index (χ4v) is 4.12. The summed E-state index contributed by atoms with van der Waals surface area (Å²) in [4.78, 5) is 27.9. The number of aromatic nitrogens is 2. The van der Waals surface area contributed by atoms with E-state index in [9.17, 15) is 9.59 Å². The number of para-hydroxylation sites is 1. The first-order chi connectivity index (χ1) is 11.1. The molecule has 1 fully saturated rings. The molecule has 0 aliphatic carbocycles. The average molecular weight is 347 g/mol. The molecular formula is C16H17N3O2S2. The molecule has 1 amide bonds. The van der Waals surface area contributed by atoms with Gasteiger partial charge in [-0.15, -0.1) is 0 Å². The van der Waals surface area contributed by atoms with Crippen molar-refractivity contribution in [2.75, 3.05) is 11.5 Å². The van der Waals surface area contributed by atoms with Crippen LogP contribution in [0, 0.1) is 6.92 Å². The summed E-state index contributed by atoms with van der Waals surface area (Å²) in [5.41, 5.74) is 2.20. The van der Waals surface area contributed by atoms with Gasteiger partial charge in [-0.1, -0.05) is 41.7 Å². The Morgan fingerprint density at radius 3 is 3.04 bits per heavy atom. The van der Waals surface area contributed by atoms with Crippen LogP contribution in [0.3, 0.4) is 0 Å². The predicted molar refractivity (Wildman–Crippen MR) is 93.0 cm³/mol. The molecular weight excluding hydrogens is 330 g/mol. The molecule has 1 aromatic carbocycles. The zero-order valence-corrected chi connectivity index (χ0v) is 14.3. The van der Waals surface area contributed by atoms with Gasteiger partial charge < -0.3 is 5.32 Å². The fraction of sp³-hybridized carbons (Fsp3) is 0.312. The molecule has 1 saturated heterocycles. The van der Waals surface area contributed by atoms with Crippen LogP contribution < -0.4 is 5.32 Å². The fourth-order valence-electron chi connectivity index (χ4n) is 2.41. The van der Waals surface area contributed by atoms with Gasteiger partial charge in [0.25, 0.3) is 0 Å². The smallest absolute Gasteiger partial charge is 0.231 e. The van der Waals surface area contributed by atoms with Crippen molar-refractivity contribution in [3.8, 4) is 5.69 Å². The van der Waals surface area contributed by atoms with Crippen molar-refractivity contribution in [3.63, 3.8) is 0 Å². The lowest BCUT2D eigenvalue weighted by Crippen LogP contribution is -2.38. The summed E-state index contributed by atoms with van der Waals surface area (Å²) in [6.07, 6.45) is 4.33. The van der Waals surface area contributed by atoms with Crippen LogP contribution in [0.15, 0.2) is 41.8 Å². The van der Waals surface area contributed by atoms with Gasteiger partial charge in [0.1, 0.15) is 0 Å². The van der Waals surface area contributed by atoms with Crippen molar-refractivity contribution in [1.29, 1.82) is 0 Å². The SMILES string of the molecule is Cc1ccccc1-n1ccnc1SCC(=O)NC1CCSC1=O. The van der Waals surface area contributed by atoms with Crippen molar-refractivity contribution in [2.24, 2.45) is 0 Å². The molecule has 7 heteroatoms. The highest BCUT2D eigenvalue weighted by Gasteiger charge is 2.26. The largest absolute Gasteiger partial charge is 0.345 e. The van der Waals surface area contributed by atoms with Crippen molar-refractivity contribution < 1.29 is 9.59 Å². The van der Waals surface area contributed by atoms with E-state index in [4.69, 9.17) is 0 Å². The third-order valence-electron chi connectivity index (χ3n) is 3.58. The minimum Gasteiger partial charge on any atom is -0.345 e. The first-order valence-electron chi connectivity index (χ1n) is 7.33. The Bertz CT molecular complexity index is 730. The summed E-state index contributed by atoms with van der Waals surface area (Å²) in [5, 5.41) is 3.62. The molecule has 1 aromatic heterocycles. The van der Waals surface area contributed by atoms with Crippen LogP contribution in [0.1, 0.15) is 12.0 Å². The zero-order chi connectivity index (χ0) is 16.2. The topological polar surface area (TPSA) is 64.0 Å². The number of hydrogen-bond donors (Lipinski definition) is 1. The molecule has 0 radical (unpaired) electrons. The van der Waals surface area contributed by atoms with Crippen molar-refractivity contribution in [1.82, 2.24) is 14.9 Å². The third-order valence-corrected chi connectivity index (χ3v) is 5.56. The van der Waals surface area contributed by atoms with Crippen LogP contribution in [0.4, 0.5) is 0 Å². The first-order valence-corrected chi connectivity index (χ1v) is 9.30. The molecule has 120 valence electrons. The molecule has 0 bridgehead atoms. The monoisotopic (exact) mass is 347 g/mol. The van der Waals surface area contributed by atoms with E-state index in [1.165, 1.54) is 23.5 Å². The van der Waals surface area contributed by atoms with Crippen LogP contribution in [0.25, 0.3) is 5.69 Å². The summed E-state index contributed by atoms with van der Waals surface area (Å²) < 4.78 is 1.98. The number of hydrogen-bond acceptors (Lipinski definition) is 5. The molecule has 1 atom stereocenters. The average Bonchev–Trinajstić information content (AvgIpc) is 3.15. The van der Waals surface area contributed by atoms with E-state index in [0.717, 1.165) is 28.6 Å². The maximum absolute atomic E-state index is 12.0. The summed E-state index contributed by atoms with van der Waals surface area (Å²) in [7, 11) is 0. The highest BCUT2D eigenvalue weighted by molar-refractivity contribution is 8.14. The number of benzene rings is 1. The molecule has 0 saturated carbocycles. The maximum atomic E-state index is 12.0. The van der Waals surface area contributed by atoms with Crippen LogP contribution in [0.2, 0.25) is 0 Å². The van der Waals surface area contributed by atoms with Gasteiger partial charge in [0.05, 0.1) is 17.5 Å². The highest BCUT2D eigenvalue weighted by atomic mass is 32.2. The number of imidazole rings is 1. The number of nitrogens with zero attached hydrogens (tertiary/aromatic N) is 2. The zero-order valence-electron chi connectivity index (χ0n) is 12.7. The van der Waals surface area contributed by atoms with Crippen molar-refractivity contribution >= 4 is 34.5 Å². The summed E-state index contributed by atoms with van der Waals surface area (Å²) in [5.74, 6) is 0.904. The van der Waals surface area contributed by atoms with Gasteiger partial charge in [0, 0.05) is 18.1 Å². The molecule has 1 N–H and O–H groups in total. The van der Waals surface area contributed by atoms with Gasteiger partial charge in [-0.2, -0.15) is 0 Å². The van der Waals surface area contributed by atoms with Crippen LogP contribution in [0.5, 0.6) is 0 Å². The van der Waals surface area contributed by atoms with Crippen molar-refractivity contribution in [3.05, 3.63) is 42.2 Å². The van der Waals surface area contributed by atoms with E-state index in [2.05, 4.69) is 10.3 Å². The minimum atomic E-state index is -0.329. The summed E-state index contributed by atoms with van der Waals surface area (Å²) >= 11 is 2.66. The minimum absolute atomic E-state index is 0.0600. The number of amides is 1. The second kappa shape index (κ2) is 7.23. The van der Waals surface area contributed by atoms with Gasteiger partial charge in [0.2, 0.25) is 11.0 Å². The molecule has 23 heavy (non-hydrogen) atoms. The molecule has 1 aliphatic rings. The van der Waals surface area contributed by atoms with Gasteiger partial charge in [-0.3, -0.25) is 14.2 Å². The second-order valence-corrected chi connectivity index (χ2v) is 7.27. The van der Waals surface area contributed by atoms with Crippen LogP contribution >= 0.6 is 23.5 Å². The molecule has 2 aromatic rings. The lowest BCUT2D eigenvalue weighted by atomic mass is 10.2. The Hall–Kier alpha value is -1.73. The van der Waals surface area contributed by atoms with E-state index < -0.39 is 0 Å². The quantitative estimate of drug-likeness (QED) is 0.842. The van der Waals surface area contributed by atoms with Crippen LogP contribution in [-0.2, 0) is 9.59 Å². The number of carbonyl (C=O) groups excluding carboxylic acids is 2. The normalized spacial score (nSPS) is 17.4. The first kappa shape index (κ1) is 16.1. The Labute approximate surface area is 143 Å². The molecule has 1 aliphatic heterocycles. The number of nitrogens with one attached hydrogen (secondary N) is 1. The Balaban J connectivity index is 1.63. The number of rotatable bonds is 5. The molecule has 0 spiro atoms. The maximum Gasteiger partial charge on any atom is 0.231 e. The standard InChI is InChI=1S/C16H17N3O2S2/c1-11-4-2-3-5-13(11)19-8-7-17-16(19)23-10-14(20)18-12-6-9-22-15(12)21/h2-5,7-8,12H,6,9-10H2,1H3,(H,18,20). The highest BCUT2D eigenvalue weighted by Crippen LogP contribution is 2.23. The van der Waals surface area contributed by atoms with E-state index >= 15 is 0 Å². The predicted octanol–water partition coefficient (Wildman–Crippen LogP) is 2.42. The second-order valence-electron chi connectivity index (χ2n) is 5.23. The van der Waals surface area contributed by atoms with E-state index in [0.29, 0.717) is 0 Å². The van der Waals surface area contributed by atoms with E-state index in [-0.39, 0.29) is 22.8 Å². The third kappa shape index (κ3) is 3.79. The summed E-state index contributed by atoms with van der Waals surface area (Å²) in [6.45, 7) is 2.04. The van der Waals surface area contributed by atoms with Gasteiger partial charge >= 0.3 is 0 Å². The number of thioether (sulfide) groups is 2. The molecule has 2 heterocycles. The number of aryl methyl sites for hydroxylation is 1. The summed E-state index contributed by atoms with van der Waals surface area (Å²) in [6, 6.07) is 7.71. The number of carbonyl (C=O) groups is 2. The lowest BCUT2D eigenvalue weighted by Gasteiger charge is -2.11. The Morgan fingerprint density at radius 1 is 1.48 bits per heavy atom. The van der Waals surface area contributed by atoms with E-state index in [1.54, 1.807) is 6.20 Å². The van der Waals surface area contributed by atoms with Gasteiger partial charge in [0.15, 0.2) is 5.16 Å². The molecule has 3 rings (SSSR count). The Kier molecular flexibility index (Phi) is 5.07. The van der Waals surface area contributed by atoms with Crippen LogP contribution in [-0.4, -0.2) is 38.1 Å². The van der Waals surface area contributed by atoms with Gasteiger partial charge in [-0.05, 0) is 25.0 Å². The Morgan fingerprint density at radius 2 is 2.30 bits per heavy atom. The van der Waals surface area contributed by atoms with Gasteiger partial charge in [-0.25, -0.2) is 4.98 Å². The molecule has 1 unspecified atom stereocenters. The molecule has 5 nitrogen and oxygen atoms in total. The lowest BCUT2D eigenvalue weighted by molar-refractivity contribution is -0.122. The van der Waals surface area contributed by atoms with Crippen molar-refractivity contribution in [2.45, 2.75) is 24.5 Å². The van der Waals surface area contributed by atoms with E-state index in [1.807, 2.05) is 42.0 Å².